The highest BCUT2D eigenvalue weighted by molar-refractivity contribution is 5.86. The van der Waals surface area contributed by atoms with Gasteiger partial charge in [-0.1, -0.05) is 0 Å². The number of amides is 1. The Balaban J connectivity index is 1.33. The predicted octanol–water partition coefficient (Wildman–Crippen LogP) is 3.84. The van der Waals surface area contributed by atoms with Crippen molar-refractivity contribution in [3.05, 3.63) is 36.3 Å². The Hall–Kier alpha value is -5.01. The van der Waals surface area contributed by atoms with Crippen molar-refractivity contribution in [1.29, 1.82) is 5.26 Å². The summed E-state index contributed by atoms with van der Waals surface area (Å²) in [5.74, 6) is 0.0634. The number of fused-ring (bicyclic) bond motifs is 1. The fraction of sp³-hybridized carbons (Fsp3) is 0.559. The third-order valence-corrected chi connectivity index (χ3v) is 6.90. The molecule has 1 amide bonds. The highest BCUT2D eigenvalue weighted by atomic mass is 16.6. The van der Waals surface area contributed by atoms with E-state index >= 15 is 0 Å². The average molecular weight is 696 g/mol. The van der Waals surface area contributed by atoms with Crippen molar-refractivity contribution in [2.24, 2.45) is 0 Å². The monoisotopic (exact) mass is 695 g/mol. The van der Waals surface area contributed by atoms with Gasteiger partial charge in [-0.25, -0.2) is 24.5 Å². The van der Waals surface area contributed by atoms with Crippen LogP contribution in [-0.2, 0) is 33.3 Å². The molecular formula is C34H45N7O9. The molecule has 0 aromatic carbocycles. The minimum atomic E-state index is -1.32. The first kappa shape index (κ1) is 37.8. The smallest absolute Gasteiger partial charge is 0.408 e. The van der Waals surface area contributed by atoms with Gasteiger partial charge in [-0.05, 0) is 66.5 Å². The molecule has 50 heavy (non-hydrogen) atoms. The molecule has 270 valence electrons. The molecule has 16 nitrogen and oxygen atoms in total. The molecular weight excluding hydrogens is 650 g/mol. The van der Waals surface area contributed by atoms with Crippen molar-refractivity contribution in [2.45, 2.75) is 84.1 Å². The Morgan fingerprint density at radius 2 is 1.74 bits per heavy atom. The number of hydrogen-bond donors (Lipinski definition) is 2. The van der Waals surface area contributed by atoms with Crippen LogP contribution in [0.2, 0.25) is 0 Å². The molecule has 0 aliphatic carbocycles. The van der Waals surface area contributed by atoms with Crippen LogP contribution in [0.15, 0.2) is 30.7 Å². The Labute approximate surface area is 290 Å². The maximum absolute atomic E-state index is 12.8. The van der Waals surface area contributed by atoms with Crippen molar-refractivity contribution < 1.29 is 42.8 Å². The second-order valence-corrected chi connectivity index (χ2v) is 13.5. The molecule has 3 aromatic heterocycles. The number of aromatic nitrogens is 4. The summed E-state index contributed by atoms with van der Waals surface area (Å²) < 4.78 is 34.7. The molecule has 1 unspecified atom stereocenters. The Bertz CT molecular complexity index is 1620. The van der Waals surface area contributed by atoms with Crippen LogP contribution in [0.5, 0.6) is 5.75 Å². The lowest BCUT2D eigenvalue weighted by Crippen LogP contribution is -2.46. The molecule has 3 aromatic rings. The van der Waals surface area contributed by atoms with E-state index < -0.39 is 41.7 Å². The first-order chi connectivity index (χ1) is 23.7. The van der Waals surface area contributed by atoms with Gasteiger partial charge in [-0.3, -0.25) is 9.36 Å². The maximum Gasteiger partial charge on any atom is 0.408 e. The Morgan fingerprint density at radius 1 is 1.02 bits per heavy atom. The molecule has 1 aliphatic rings. The van der Waals surface area contributed by atoms with Gasteiger partial charge in [0, 0.05) is 31.5 Å². The van der Waals surface area contributed by atoms with E-state index in [0.29, 0.717) is 47.3 Å². The minimum Gasteiger partial charge on any atom is -0.487 e. The summed E-state index contributed by atoms with van der Waals surface area (Å²) in [5, 5.41) is 15.0. The van der Waals surface area contributed by atoms with Crippen molar-refractivity contribution in [3.63, 3.8) is 0 Å². The van der Waals surface area contributed by atoms with Crippen LogP contribution < -0.4 is 15.4 Å². The van der Waals surface area contributed by atoms with Crippen molar-refractivity contribution in [3.8, 4) is 17.6 Å². The van der Waals surface area contributed by atoms with Gasteiger partial charge >= 0.3 is 18.0 Å². The second-order valence-electron chi connectivity index (χ2n) is 13.5. The SMILES string of the molecule is CC(C)(C)OC(=O)CC(NC(=O)OC(C)(C)C)C(=O)OCCOCCOc1cc2ncn(-c3ccc(C#N)cn3)c2nc1NC1CCOCC1. The van der Waals surface area contributed by atoms with Crippen molar-refractivity contribution in [1.82, 2.24) is 24.8 Å². The van der Waals surface area contributed by atoms with E-state index in [-0.39, 0.29) is 32.5 Å². The number of pyridine rings is 2. The predicted molar refractivity (Wildman–Crippen MR) is 180 cm³/mol. The number of anilines is 1. The lowest BCUT2D eigenvalue weighted by atomic mass is 10.1. The fourth-order valence-electron chi connectivity index (χ4n) is 4.74. The summed E-state index contributed by atoms with van der Waals surface area (Å²) in [6.45, 7) is 11.6. The van der Waals surface area contributed by atoms with Gasteiger partial charge in [0.05, 0.1) is 25.2 Å². The number of alkyl carbamates (subject to hydrolysis) is 1. The first-order valence-electron chi connectivity index (χ1n) is 16.4. The molecule has 0 saturated carbocycles. The third-order valence-electron chi connectivity index (χ3n) is 6.90. The van der Waals surface area contributed by atoms with Gasteiger partial charge in [0.15, 0.2) is 17.2 Å². The molecule has 0 bridgehead atoms. The van der Waals surface area contributed by atoms with Gasteiger partial charge in [-0.15, -0.1) is 0 Å². The standard InChI is InChI=1S/C34H45N7O9/c1-33(2,3)49-28(42)18-25(39-32(44)50-34(4,5)6)31(43)48-16-14-46-13-15-47-26-17-24-30(40-29(26)38-23-9-11-45-12-10-23)41(21-37-24)27-8-7-22(19-35)20-36-27/h7-8,17,20-21,23,25H,9-16,18H2,1-6H3,(H,38,40)(H,39,44). The molecule has 2 N–H and O–H groups in total. The lowest BCUT2D eigenvalue weighted by molar-refractivity contribution is -0.160. The van der Waals surface area contributed by atoms with Gasteiger partial charge in [-0.2, -0.15) is 5.26 Å². The summed E-state index contributed by atoms with van der Waals surface area (Å²) in [7, 11) is 0. The molecule has 1 aliphatic heterocycles. The zero-order valence-electron chi connectivity index (χ0n) is 29.3. The third kappa shape index (κ3) is 11.8. The van der Waals surface area contributed by atoms with Gasteiger partial charge < -0.3 is 39.1 Å². The second kappa shape index (κ2) is 17.1. The van der Waals surface area contributed by atoms with Crippen LogP contribution in [0.25, 0.3) is 17.0 Å². The topological polar surface area (TPSA) is 198 Å². The number of nitriles is 1. The van der Waals surface area contributed by atoms with Crippen LogP contribution in [0.4, 0.5) is 10.6 Å². The van der Waals surface area contributed by atoms with E-state index in [4.69, 9.17) is 38.7 Å². The molecule has 0 spiro atoms. The van der Waals surface area contributed by atoms with Gasteiger partial charge in [0.1, 0.15) is 54.2 Å². The number of esters is 2. The van der Waals surface area contributed by atoms with Gasteiger partial charge in [0.25, 0.3) is 0 Å². The fourth-order valence-corrected chi connectivity index (χ4v) is 4.74. The number of nitrogens with one attached hydrogen (secondary N) is 2. The summed E-state index contributed by atoms with van der Waals surface area (Å²) in [6.07, 6.45) is 3.41. The molecule has 1 saturated heterocycles. The van der Waals surface area contributed by atoms with E-state index in [1.807, 2.05) is 0 Å². The number of nitrogens with zero attached hydrogens (tertiary/aromatic N) is 5. The van der Waals surface area contributed by atoms with E-state index in [0.717, 1.165) is 12.8 Å². The van der Waals surface area contributed by atoms with E-state index in [9.17, 15) is 14.4 Å². The number of ether oxygens (including phenoxy) is 6. The molecule has 1 fully saturated rings. The molecule has 4 heterocycles. The lowest BCUT2D eigenvalue weighted by Gasteiger charge is -2.24. The first-order valence-corrected chi connectivity index (χ1v) is 16.4. The van der Waals surface area contributed by atoms with E-state index in [1.165, 1.54) is 6.20 Å². The average Bonchev–Trinajstić information content (AvgIpc) is 3.45. The van der Waals surface area contributed by atoms with Crippen LogP contribution >= 0.6 is 0 Å². The van der Waals surface area contributed by atoms with Crippen LogP contribution in [0.3, 0.4) is 0 Å². The van der Waals surface area contributed by atoms with E-state index in [2.05, 4.69) is 26.7 Å². The van der Waals surface area contributed by atoms with Crippen LogP contribution in [0.1, 0.15) is 66.4 Å². The Kier molecular flexibility index (Phi) is 12.9. The number of hydrogen-bond acceptors (Lipinski definition) is 14. The summed E-state index contributed by atoms with van der Waals surface area (Å²) in [4.78, 5) is 51.3. The normalized spacial score (nSPS) is 14.3. The quantitative estimate of drug-likeness (QED) is 0.140. The zero-order chi connectivity index (χ0) is 36.3. The molecule has 16 heteroatoms. The van der Waals surface area contributed by atoms with Crippen molar-refractivity contribution >= 4 is 35.0 Å². The largest absolute Gasteiger partial charge is 0.487 e. The number of carbonyl (C=O) groups is 3. The summed E-state index contributed by atoms with van der Waals surface area (Å²) in [5.41, 5.74) is 0.00408. The summed E-state index contributed by atoms with van der Waals surface area (Å²) >= 11 is 0. The van der Waals surface area contributed by atoms with Gasteiger partial charge in [0.2, 0.25) is 0 Å². The number of imidazole rings is 1. The Morgan fingerprint density at radius 3 is 2.40 bits per heavy atom. The molecule has 1 atom stereocenters. The highest BCUT2D eigenvalue weighted by Gasteiger charge is 2.30. The van der Waals surface area contributed by atoms with Crippen LogP contribution in [0, 0.1) is 11.3 Å². The highest BCUT2D eigenvalue weighted by Crippen LogP contribution is 2.29. The molecule has 0 radical (unpaired) electrons. The van der Waals surface area contributed by atoms with Crippen LogP contribution in [-0.4, -0.2) is 100 Å². The number of rotatable bonds is 14. The zero-order valence-corrected chi connectivity index (χ0v) is 29.3. The number of carbonyl (C=O) groups excluding carboxylic acids is 3. The van der Waals surface area contributed by atoms with Crippen molar-refractivity contribution in [2.75, 3.05) is 45.0 Å². The maximum atomic E-state index is 12.8. The van der Waals surface area contributed by atoms with E-state index in [1.54, 1.807) is 70.6 Å². The molecule has 4 rings (SSSR count). The minimum absolute atomic E-state index is 0.0349. The summed E-state index contributed by atoms with van der Waals surface area (Å²) in [6, 6.07) is 6.07.